The van der Waals surface area contributed by atoms with Crippen molar-refractivity contribution < 1.29 is 9.53 Å². The molecule has 4 nitrogen and oxygen atoms in total. The molecule has 0 bridgehead atoms. The molecule has 4 heteroatoms. The van der Waals surface area contributed by atoms with Gasteiger partial charge in [0.1, 0.15) is 0 Å². The summed E-state index contributed by atoms with van der Waals surface area (Å²) in [4.78, 5) is 13.5. The Labute approximate surface area is 84.6 Å². The maximum Gasteiger partial charge on any atom is 0.410 e. The minimum absolute atomic E-state index is 0.0166. The predicted molar refractivity (Wildman–Crippen MR) is 53.2 cm³/mol. The third-order valence-corrected chi connectivity index (χ3v) is 3.30. The molecule has 14 heavy (non-hydrogen) atoms. The number of nitrogens with one attached hydrogen (secondary N) is 1. The lowest BCUT2D eigenvalue weighted by Gasteiger charge is -2.45. The van der Waals surface area contributed by atoms with E-state index in [2.05, 4.69) is 12.2 Å². The molecule has 0 aromatic heterocycles. The summed E-state index contributed by atoms with van der Waals surface area (Å²) < 4.78 is 5.08. The SMILES string of the molecule is CC1(N2CCCOC2=O)CCNCC1. The Morgan fingerprint density at radius 3 is 2.79 bits per heavy atom. The molecule has 0 unspecified atom stereocenters. The summed E-state index contributed by atoms with van der Waals surface area (Å²) in [5, 5.41) is 3.32. The third-order valence-electron chi connectivity index (χ3n) is 3.30. The van der Waals surface area contributed by atoms with Crippen molar-refractivity contribution in [3.8, 4) is 0 Å². The summed E-state index contributed by atoms with van der Waals surface area (Å²) in [6.45, 7) is 5.61. The van der Waals surface area contributed by atoms with Crippen LogP contribution in [0.1, 0.15) is 26.2 Å². The second-order valence-electron chi connectivity index (χ2n) is 4.37. The van der Waals surface area contributed by atoms with E-state index in [1.165, 1.54) is 0 Å². The maximum absolute atomic E-state index is 11.6. The fourth-order valence-electron chi connectivity index (χ4n) is 2.28. The zero-order valence-electron chi connectivity index (χ0n) is 8.71. The summed E-state index contributed by atoms with van der Waals surface area (Å²) >= 11 is 0. The third kappa shape index (κ3) is 1.71. The Balaban J connectivity index is 2.06. The Hall–Kier alpha value is -0.770. The van der Waals surface area contributed by atoms with Crippen LogP contribution in [0.4, 0.5) is 4.79 Å². The van der Waals surface area contributed by atoms with E-state index in [-0.39, 0.29) is 11.6 Å². The van der Waals surface area contributed by atoms with Crippen molar-refractivity contribution in [1.82, 2.24) is 10.2 Å². The van der Waals surface area contributed by atoms with E-state index in [1.807, 2.05) is 4.90 Å². The zero-order chi connectivity index (χ0) is 10.0. The van der Waals surface area contributed by atoms with Gasteiger partial charge in [-0.3, -0.25) is 0 Å². The summed E-state index contributed by atoms with van der Waals surface area (Å²) in [5.41, 5.74) is 0.0166. The fraction of sp³-hybridized carbons (Fsp3) is 0.900. The molecule has 0 spiro atoms. The van der Waals surface area contributed by atoms with E-state index in [0.29, 0.717) is 6.61 Å². The van der Waals surface area contributed by atoms with Crippen LogP contribution in [-0.4, -0.2) is 42.8 Å². The monoisotopic (exact) mass is 198 g/mol. The van der Waals surface area contributed by atoms with E-state index in [0.717, 1.165) is 38.9 Å². The first-order valence-corrected chi connectivity index (χ1v) is 5.37. The van der Waals surface area contributed by atoms with Crippen LogP contribution in [0, 0.1) is 0 Å². The molecule has 0 saturated carbocycles. The summed E-state index contributed by atoms with van der Waals surface area (Å²) in [6, 6.07) is 0. The van der Waals surface area contributed by atoms with Crippen LogP contribution in [0.2, 0.25) is 0 Å². The number of ether oxygens (including phenoxy) is 1. The zero-order valence-corrected chi connectivity index (χ0v) is 8.71. The van der Waals surface area contributed by atoms with Crippen molar-refractivity contribution >= 4 is 6.09 Å². The van der Waals surface area contributed by atoms with Gasteiger partial charge < -0.3 is 15.0 Å². The lowest BCUT2D eigenvalue weighted by molar-refractivity contribution is 0.0137. The number of amides is 1. The van der Waals surface area contributed by atoms with Crippen LogP contribution in [0.25, 0.3) is 0 Å². The summed E-state index contributed by atoms with van der Waals surface area (Å²) in [5.74, 6) is 0. The minimum atomic E-state index is -0.124. The molecule has 80 valence electrons. The van der Waals surface area contributed by atoms with E-state index in [1.54, 1.807) is 0 Å². The molecule has 0 aromatic rings. The van der Waals surface area contributed by atoms with Crippen molar-refractivity contribution in [3.63, 3.8) is 0 Å². The van der Waals surface area contributed by atoms with Crippen LogP contribution >= 0.6 is 0 Å². The molecule has 0 aromatic carbocycles. The molecule has 1 N–H and O–H groups in total. The molecule has 2 aliphatic heterocycles. The molecule has 2 saturated heterocycles. The maximum atomic E-state index is 11.6. The largest absolute Gasteiger partial charge is 0.449 e. The number of piperidine rings is 1. The van der Waals surface area contributed by atoms with Gasteiger partial charge >= 0.3 is 6.09 Å². The van der Waals surface area contributed by atoms with Gasteiger partial charge in [-0.25, -0.2) is 4.79 Å². The normalized spacial score (nSPS) is 27.2. The molecule has 1 amide bonds. The van der Waals surface area contributed by atoms with Crippen LogP contribution < -0.4 is 5.32 Å². The summed E-state index contributed by atoms with van der Waals surface area (Å²) in [7, 11) is 0. The highest BCUT2D eigenvalue weighted by Crippen LogP contribution is 2.28. The van der Waals surface area contributed by atoms with Gasteiger partial charge in [0.2, 0.25) is 0 Å². The van der Waals surface area contributed by atoms with Crippen molar-refractivity contribution in [2.24, 2.45) is 0 Å². The second kappa shape index (κ2) is 3.77. The Morgan fingerprint density at radius 2 is 2.14 bits per heavy atom. The number of nitrogens with zero attached hydrogens (tertiary/aromatic N) is 1. The average Bonchev–Trinajstić information content (AvgIpc) is 2.19. The van der Waals surface area contributed by atoms with Gasteiger partial charge in [0.25, 0.3) is 0 Å². The smallest absolute Gasteiger partial charge is 0.410 e. The molecule has 0 radical (unpaired) electrons. The van der Waals surface area contributed by atoms with Crippen LogP contribution in [0.5, 0.6) is 0 Å². The van der Waals surface area contributed by atoms with E-state index in [9.17, 15) is 4.79 Å². The first-order chi connectivity index (χ1) is 6.72. The molecular formula is C10H18N2O2. The second-order valence-corrected chi connectivity index (χ2v) is 4.37. The van der Waals surface area contributed by atoms with Gasteiger partial charge in [-0.05, 0) is 39.3 Å². The van der Waals surface area contributed by atoms with Gasteiger partial charge in [-0.2, -0.15) is 0 Å². The Bertz CT molecular complexity index is 224. The van der Waals surface area contributed by atoms with E-state index >= 15 is 0 Å². The molecule has 0 aliphatic carbocycles. The predicted octanol–water partition coefficient (Wildman–Crippen LogP) is 0.971. The highest BCUT2D eigenvalue weighted by molar-refractivity contribution is 5.69. The molecule has 2 heterocycles. The molecular weight excluding hydrogens is 180 g/mol. The van der Waals surface area contributed by atoms with Crippen LogP contribution in [-0.2, 0) is 4.74 Å². The first-order valence-electron chi connectivity index (χ1n) is 5.37. The number of cyclic esters (lactones) is 1. The summed E-state index contributed by atoms with van der Waals surface area (Å²) in [6.07, 6.45) is 2.90. The fourth-order valence-corrected chi connectivity index (χ4v) is 2.28. The van der Waals surface area contributed by atoms with Crippen molar-refractivity contribution in [3.05, 3.63) is 0 Å². The number of rotatable bonds is 1. The van der Waals surface area contributed by atoms with Gasteiger partial charge in [0.15, 0.2) is 0 Å². The van der Waals surface area contributed by atoms with Gasteiger partial charge in [0, 0.05) is 12.1 Å². The molecule has 2 rings (SSSR count). The number of hydrogen-bond acceptors (Lipinski definition) is 3. The lowest BCUT2D eigenvalue weighted by atomic mass is 9.88. The minimum Gasteiger partial charge on any atom is -0.449 e. The van der Waals surface area contributed by atoms with Crippen LogP contribution in [0.15, 0.2) is 0 Å². The number of carbonyl (C=O) groups is 1. The average molecular weight is 198 g/mol. The standard InChI is InChI=1S/C10H18N2O2/c1-10(3-5-11-6-4-10)12-7-2-8-14-9(12)13/h11H,2-8H2,1H3. The van der Waals surface area contributed by atoms with Gasteiger partial charge in [-0.1, -0.05) is 0 Å². The van der Waals surface area contributed by atoms with Gasteiger partial charge in [-0.15, -0.1) is 0 Å². The van der Waals surface area contributed by atoms with Crippen molar-refractivity contribution in [1.29, 1.82) is 0 Å². The topological polar surface area (TPSA) is 41.6 Å². The van der Waals surface area contributed by atoms with E-state index < -0.39 is 0 Å². The van der Waals surface area contributed by atoms with Crippen molar-refractivity contribution in [2.75, 3.05) is 26.2 Å². The lowest BCUT2D eigenvalue weighted by Crippen LogP contribution is -2.56. The quantitative estimate of drug-likeness (QED) is 0.682. The van der Waals surface area contributed by atoms with Gasteiger partial charge in [0.05, 0.1) is 6.61 Å². The number of hydrogen-bond donors (Lipinski definition) is 1. The molecule has 2 aliphatic rings. The van der Waals surface area contributed by atoms with Crippen molar-refractivity contribution in [2.45, 2.75) is 31.7 Å². The highest BCUT2D eigenvalue weighted by Gasteiger charge is 2.38. The molecule has 0 atom stereocenters. The Kier molecular flexibility index (Phi) is 2.63. The van der Waals surface area contributed by atoms with Crippen LogP contribution in [0.3, 0.4) is 0 Å². The van der Waals surface area contributed by atoms with E-state index in [4.69, 9.17) is 4.74 Å². The Morgan fingerprint density at radius 1 is 1.43 bits per heavy atom. The highest BCUT2D eigenvalue weighted by atomic mass is 16.6. The number of carbonyl (C=O) groups excluding carboxylic acids is 1. The first kappa shape index (κ1) is 9.77. The molecule has 2 fully saturated rings.